The Morgan fingerprint density at radius 1 is 1.60 bits per heavy atom. The Morgan fingerprint density at radius 2 is 2.27 bits per heavy atom. The van der Waals surface area contributed by atoms with E-state index in [1.165, 1.54) is 13.0 Å². The van der Waals surface area contributed by atoms with E-state index < -0.39 is 11.7 Å². The Morgan fingerprint density at radius 3 is 2.73 bits per heavy atom. The third kappa shape index (κ3) is 3.07. The molecule has 0 saturated heterocycles. The molecule has 0 bridgehead atoms. The molecule has 80 valence electrons. The molecule has 7 heteroatoms. The molecule has 0 unspecified atom stereocenters. The van der Waals surface area contributed by atoms with Crippen molar-refractivity contribution in [2.24, 2.45) is 5.11 Å². The quantitative estimate of drug-likeness (QED) is 0.420. The number of alkyl halides is 3. The van der Waals surface area contributed by atoms with E-state index in [9.17, 15) is 13.2 Å². The summed E-state index contributed by atoms with van der Waals surface area (Å²) in [5.74, 6) is -0.00720. The molecule has 0 amide bonds. The minimum absolute atomic E-state index is 0.00720. The Labute approximate surface area is 82.6 Å². The molecule has 0 atom stereocenters. The average Bonchev–Trinajstić information content (AvgIpc) is 2.52. The van der Waals surface area contributed by atoms with E-state index in [-0.39, 0.29) is 11.5 Å². The largest absolute Gasteiger partial charge is 0.464 e. The summed E-state index contributed by atoms with van der Waals surface area (Å²) in [6, 6.07) is 0.830. The maximum absolute atomic E-state index is 12.1. The molecule has 0 radical (unpaired) electrons. The Hall–Kier alpha value is -1.88. The van der Waals surface area contributed by atoms with Crippen molar-refractivity contribution in [3.63, 3.8) is 0 Å². The molecule has 0 aromatic carbocycles. The van der Waals surface area contributed by atoms with Crippen molar-refractivity contribution in [3.8, 4) is 0 Å². The number of nitrogens with zero attached hydrogens (tertiary/aromatic N) is 3. The molecule has 0 fully saturated rings. The Kier molecular flexibility index (Phi) is 3.06. The highest BCUT2D eigenvalue weighted by Crippen LogP contribution is 2.31. The predicted octanol–water partition coefficient (Wildman–Crippen LogP) is 3.97. The molecule has 1 aromatic heterocycles. The van der Waals surface area contributed by atoms with Gasteiger partial charge in [0.05, 0.1) is 5.56 Å². The van der Waals surface area contributed by atoms with E-state index in [4.69, 9.17) is 5.53 Å². The van der Waals surface area contributed by atoms with E-state index in [2.05, 4.69) is 14.4 Å². The monoisotopic (exact) mass is 217 g/mol. The van der Waals surface area contributed by atoms with Gasteiger partial charge in [0.15, 0.2) is 0 Å². The molecule has 1 heterocycles. The van der Waals surface area contributed by atoms with Crippen molar-refractivity contribution in [1.82, 2.24) is 0 Å². The van der Waals surface area contributed by atoms with Crippen molar-refractivity contribution in [1.29, 1.82) is 0 Å². The normalized spacial score (nSPS) is 12.4. The number of azide groups is 1. The molecule has 15 heavy (non-hydrogen) atoms. The summed E-state index contributed by atoms with van der Waals surface area (Å²) in [5.41, 5.74) is 7.41. The fourth-order valence-electron chi connectivity index (χ4n) is 0.882. The maximum Gasteiger partial charge on any atom is 0.419 e. The number of halogens is 3. The topological polar surface area (TPSA) is 61.9 Å². The van der Waals surface area contributed by atoms with Crippen LogP contribution < -0.4 is 0 Å². The summed E-state index contributed by atoms with van der Waals surface area (Å²) in [4.78, 5) is 2.48. The van der Waals surface area contributed by atoms with Gasteiger partial charge in [0.2, 0.25) is 0 Å². The van der Waals surface area contributed by atoms with E-state index in [1.54, 1.807) is 0 Å². The van der Waals surface area contributed by atoms with E-state index >= 15 is 0 Å². The van der Waals surface area contributed by atoms with Crippen LogP contribution in [0.1, 0.15) is 18.2 Å². The molecule has 1 rings (SSSR count). The standard InChI is InChI=1S/C8H6F3N3O/c1-5(13-14-12)2-7-3-6(4-15-7)8(9,10)11/h2-4H,1H3/b5-2-. The van der Waals surface area contributed by atoms with Gasteiger partial charge >= 0.3 is 6.18 Å². The smallest absolute Gasteiger partial charge is 0.419 e. The molecule has 0 aliphatic heterocycles. The van der Waals surface area contributed by atoms with Gasteiger partial charge in [-0.25, -0.2) is 0 Å². The first-order valence-electron chi connectivity index (χ1n) is 3.82. The van der Waals surface area contributed by atoms with Gasteiger partial charge in [-0.1, -0.05) is 5.11 Å². The van der Waals surface area contributed by atoms with Crippen LogP contribution in [0.15, 0.2) is 27.6 Å². The lowest BCUT2D eigenvalue weighted by molar-refractivity contribution is -0.137. The van der Waals surface area contributed by atoms with Crippen LogP contribution in [0.25, 0.3) is 16.5 Å². The second-order valence-corrected chi connectivity index (χ2v) is 2.71. The minimum atomic E-state index is -4.43. The molecular weight excluding hydrogens is 211 g/mol. The Bertz CT molecular complexity index is 427. The lowest BCUT2D eigenvalue weighted by Crippen LogP contribution is -2.01. The lowest BCUT2D eigenvalue weighted by atomic mass is 10.3. The fraction of sp³-hybridized carbons (Fsp3) is 0.250. The third-order valence-corrected chi connectivity index (χ3v) is 1.50. The van der Waals surface area contributed by atoms with Crippen molar-refractivity contribution in [2.45, 2.75) is 13.1 Å². The highest BCUT2D eigenvalue weighted by Gasteiger charge is 2.32. The van der Waals surface area contributed by atoms with Crippen LogP contribution in [0.3, 0.4) is 0 Å². The van der Waals surface area contributed by atoms with Crippen molar-refractivity contribution < 1.29 is 17.6 Å². The molecule has 0 N–H and O–H groups in total. The summed E-state index contributed by atoms with van der Waals surface area (Å²) >= 11 is 0. The molecule has 0 aliphatic carbocycles. The number of rotatable bonds is 2. The molecule has 0 aliphatic rings. The van der Waals surface area contributed by atoms with Crippen LogP contribution in [0.2, 0.25) is 0 Å². The SMILES string of the molecule is C/C(=C/c1cc(C(F)(F)F)co1)N=[N+]=[N-]. The van der Waals surface area contributed by atoms with Gasteiger partial charge < -0.3 is 4.42 Å². The zero-order chi connectivity index (χ0) is 11.5. The molecule has 0 spiro atoms. The van der Waals surface area contributed by atoms with E-state index in [0.717, 1.165) is 6.07 Å². The highest BCUT2D eigenvalue weighted by atomic mass is 19.4. The van der Waals surface area contributed by atoms with Crippen LogP contribution in [0.5, 0.6) is 0 Å². The number of furan rings is 1. The van der Waals surface area contributed by atoms with E-state index in [1.807, 2.05) is 0 Å². The molecule has 1 aromatic rings. The Balaban J connectivity index is 2.95. The molecule has 4 nitrogen and oxygen atoms in total. The lowest BCUT2D eigenvalue weighted by Gasteiger charge is -1.99. The summed E-state index contributed by atoms with van der Waals surface area (Å²) in [5, 5.41) is 3.19. The van der Waals surface area contributed by atoms with Crippen LogP contribution >= 0.6 is 0 Å². The molecule has 0 saturated carbocycles. The summed E-state index contributed by atoms with van der Waals surface area (Å²) in [6.45, 7) is 1.45. The van der Waals surface area contributed by atoms with Crippen LogP contribution in [-0.4, -0.2) is 0 Å². The van der Waals surface area contributed by atoms with Gasteiger partial charge in [-0.15, -0.1) is 0 Å². The maximum atomic E-state index is 12.1. The van der Waals surface area contributed by atoms with E-state index in [0.29, 0.717) is 6.26 Å². The van der Waals surface area contributed by atoms with Crippen molar-refractivity contribution >= 4 is 6.08 Å². The van der Waals surface area contributed by atoms with Crippen LogP contribution in [-0.2, 0) is 6.18 Å². The summed E-state index contributed by atoms with van der Waals surface area (Å²) in [7, 11) is 0. The summed E-state index contributed by atoms with van der Waals surface area (Å²) in [6.07, 6.45) is -2.61. The van der Waals surface area contributed by atoms with Gasteiger partial charge in [0.1, 0.15) is 12.0 Å². The first kappa shape index (κ1) is 11.2. The van der Waals surface area contributed by atoms with Gasteiger partial charge in [0.25, 0.3) is 0 Å². The van der Waals surface area contributed by atoms with Crippen molar-refractivity contribution in [3.05, 3.63) is 39.8 Å². The summed E-state index contributed by atoms with van der Waals surface area (Å²) < 4.78 is 41.0. The number of hydrogen-bond acceptors (Lipinski definition) is 2. The number of allylic oxidation sites excluding steroid dienone is 1. The van der Waals surface area contributed by atoms with Gasteiger partial charge in [-0.3, -0.25) is 0 Å². The fourth-order valence-corrected chi connectivity index (χ4v) is 0.882. The van der Waals surface area contributed by atoms with Crippen LogP contribution in [0.4, 0.5) is 13.2 Å². The molecular formula is C8H6F3N3O. The zero-order valence-corrected chi connectivity index (χ0v) is 7.62. The first-order valence-corrected chi connectivity index (χ1v) is 3.82. The highest BCUT2D eigenvalue weighted by molar-refractivity contribution is 5.47. The van der Waals surface area contributed by atoms with Crippen LogP contribution in [0, 0.1) is 0 Å². The zero-order valence-electron chi connectivity index (χ0n) is 7.62. The predicted molar refractivity (Wildman–Crippen MR) is 46.5 cm³/mol. The third-order valence-electron chi connectivity index (χ3n) is 1.50. The number of hydrogen-bond donors (Lipinski definition) is 0. The average molecular weight is 217 g/mol. The first-order chi connectivity index (χ1) is 6.93. The van der Waals surface area contributed by atoms with Gasteiger partial charge in [0, 0.05) is 10.6 Å². The van der Waals surface area contributed by atoms with Gasteiger partial charge in [-0.05, 0) is 24.6 Å². The van der Waals surface area contributed by atoms with Crippen molar-refractivity contribution in [2.75, 3.05) is 0 Å². The second-order valence-electron chi connectivity index (χ2n) is 2.71. The van der Waals surface area contributed by atoms with Gasteiger partial charge in [-0.2, -0.15) is 13.2 Å². The second kappa shape index (κ2) is 4.10. The minimum Gasteiger partial charge on any atom is -0.464 e.